The van der Waals surface area contributed by atoms with Crippen molar-refractivity contribution >= 4 is 12.8 Å². The van der Waals surface area contributed by atoms with Crippen LogP contribution in [0.15, 0.2) is 35.3 Å². The van der Waals surface area contributed by atoms with Gasteiger partial charge < -0.3 is 9.31 Å². The Kier molecular flexibility index (Phi) is 5.69. The molecule has 1 saturated heterocycles. The van der Waals surface area contributed by atoms with E-state index < -0.39 is 0 Å². The van der Waals surface area contributed by atoms with Gasteiger partial charge in [-0.25, -0.2) is 0 Å². The van der Waals surface area contributed by atoms with Crippen LogP contribution >= 0.6 is 0 Å². The van der Waals surface area contributed by atoms with Gasteiger partial charge in [-0.2, -0.15) is 0 Å². The molecular weight excluding hydrogens is 285 g/mol. The zero-order chi connectivity index (χ0) is 17.1. The second kappa shape index (κ2) is 7.19. The predicted octanol–water partition coefficient (Wildman–Crippen LogP) is 4.91. The fourth-order valence-corrected chi connectivity index (χ4v) is 2.70. The molecule has 126 valence electrons. The maximum Gasteiger partial charge on any atom is 0.461 e. The Labute approximate surface area is 141 Å². The van der Waals surface area contributed by atoms with Crippen LogP contribution in [-0.2, 0) is 15.9 Å². The summed E-state index contributed by atoms with van der Waals surface area (Å²) < 4.78 is 12.3. The minimum absolute atomic E-state index is 0.159. The Morgan fingerprint density at radius 3 is 2.17 bits per heavy atom. The van der Waals surface area contributed by atoms with E-state index in [2.05, 4.69) is 65.8 Å². The summed E-state index contributed by atoms with van der Waals surface area (Å²) in [6.45, 7) is 13.5. The van der Waals surface area contributed by atoms with Crippen LogP contribution in [0.1, 0.15) is 59.9 Å². The molecule has 4 heteroatoms. The van der Waals surface area contributed by atoms with Gasteiger partial charge in [0, 0.05) is 5.71 Å². The van der Waals surface area contributed by atoms with Crippen molar-refractivity contribution < 1.29 is 9.31 Å². The molecule has 2 rings (SSSR count). The fraction of sp³-hybridized carbons (Fsp3) is 0.632. The summed E-state index contributed by atoms with van der Waals surface area (Å²) in [6.07, 6.45) is 1.89. The largest absolute Gasteiger partial charge is 0.461 e. The van der Waals surface area contributed by atoms with Crippen molar-refractivity contribution in [2.75, 3.05) is 0 Å². The first-order chi connectivity index (χ1) is 10.7. The van der Waals surface area contributed by atoms with Crippen LogP contribution in [0.3, 0.4) is 0 Å². The molecule has 0 spiro atoms. The Balaban J connectivity index is 1.96. The second-order valence-electron chi connectivity index (χ2n) is 7.53. The molecule has 1 atom stereocenters. The van der Waals surface area contributed by atoms with Crippen molar-refractivity contribution in [3.8, 4) is 0 Å². The van der Waals surface area contributed by atoms with Crippen molar-refractivity contribution in [1.29, 1.82) is 0 Å². The van der Waals surface area contributed by atoms with Crippen LogP contribution in [0.25, 0.3) is 0 Å². The predicted molar refractivity (Wildman–Crippen MR) is 98.0 cm³/mol. The molecule has 1 aromatic rings. The third kappa shape index (κ3) is 4.45. The van der Waals surface area contributed by atoms with Gasteiger partial charge in [0.15, 0.2) is 0 Å². The van der Waals surface area contributed by atoms with Gasteiger partial charge in [-0.1, -0.05) is 44.2 Å². The summed E-state index contributed by atoms with van der Waals surface area (Å²) >= 11 is 0. The zero-order valence-electron chi connectivity index (χ0n) is 15.4. The molecule has 0 aromatic heterocycles. The third-order valence-corrected chi connectivity index (χ3v) is 5.03. The maximum atomic E-state index is 6.16. The quantitative estimate of drug-likeness (QED) is 0.551. The van der Waals surface area contributed by atoms with Crippen LogP contribution < -0.4 is 0 Å². The molecule has 1 fully saturated rings. The van der Waals surface area contributed by atoms with Gasteiger partial charge in [0.2, 0.25) is 0 Å². The van der Waals surface area contributed by atoms with Crippen molar-refractivity contribution in [3.63, 3.8) is 0 Å². The Morgan fingerprint density at radius 2 is 1.65 bits per heavy atom. The topological polar surface area (TPSA) is 30.8 Å². The average molecular weight is 315 g/mol. The van der Waals surface area contributed by atoms with Crippen molar-refractivity contribution in [2.45, 2.75) is 77.9 Å². The molecule has 3 nitrogen and oxygen atoms in total. The molecule has 0 amide bonds. The van der Waals surface area contributed by atoms with Gasteiger partial charge in [0.25, 0.3) is 0 Å². The Bertz CT molecular complexity index is 524. The molecule has 1 aliphatic heterocycles. The van der Waals surface area contributed by atoms with Gasteiger partial charge in [-0.3, -0.25) is 4.99 Å². The van der Waals surface area contributed by atoms with Gasteiger partial charge in [0.1, 0.15) is 0 Å². The van der Waals surface area contributed by atoms with E-state index in [4.69, 9.17) is 14.3 Å². The number of nitrogens with zero attached hydrogens (tertiary/aromatic N) is 1. The lowest BCUT2D eigenvalue weighted by Gasteiger charge is -2.32. The normalized spacial score (nSPS) is 21.5. The second-order valence-corrected chi connectivity index (χ2v) is 7.53. The van der Waals surface area contributed by atoms with E-state index in [1.807, 2.05) is 6.07 Å². The Hall–Kier alpha value is -1.13. The van der Waals surface area contributed by atoms with E-state index in [9.17, 15) is 0 Å². The average Bonchev–Trinajstić information content (AvgIpc) is 2.73. The highest BCUT2D eigenvalue weighted by Crippen LogP contribution is 2.40. The molecule has 23 heavy (non-hydrogen) atoms. The lowest BCUT2D eigenvalue weighted by atomic mass is 9.70. The number of hydrogen-bond acceptors (Lipinski definition) is 3. The molecule has 1 unspecified atom stereocenters. The first kappa shape index (κ1) is 18.2. The SMILES string of the molecule is CCC(CC(C)B1OC(C)(C)C(C)(C)O1)=NCc1ccccc1. The summed E-state index contributed by atoms with van der Waals surface area (Å²) in [7, 11) is -0.159. The number of rotatable bonds is 6. The standard InChI is InChI=1S/C19H30BNO2/c1-7-17(21-14-16-11-9-8-10-12-16)13-15(2)20-22-18(3,4)19(5,6)23-20/h8-12,15H,7,13-14H2,1-6H3. The van der Waals surface area contributed by atoms with E-state index in [1.165, 1.54) is 11.3 Å². The highest BCUT2D eigenvalue weighted by Gasteiger charge is 2.52. The van der Waals surface area contributed by atoms with E-state index in [-0.39, 0.29) is 18.3 Å². The van der Waals surface area contributed by atoms with Gasteiger partial charge in [-0.05, 0) is 51.9 Å². The molecule has 1 heterocycles. The summed E-state index contributed by atoms with van der Waals surface area (Å²) in [5.41, 5.74) is 1.96. The van der Waals surface area contributed by atoms with E-state index in [0.29, 0.717) is 5.82 Å². The van der Waals surface area contributed by atoms with Gasteiger partial charge >= 0.3 is 7.12 Å². The van der Waals surface area contributed by atoms with E-state index in [0.717, 1.165) is 19.4 Å². The van der Waals surface area contributed by atoms with Crippen LogP contribution in [0.2, 0.25) is 5.82 Å². The van der Waals surface area contributed by atoms with Gasteiger partial charge in [0.05, 0.1) is 17.7 Å². The minimum atomic E-state index is -0.264. The highest BCUT2D eigenvalue weighted by molar-refractivity contribution is 6.47. The molecule has 0 N–H and O–H groups in total. The van der Waals surface area contributed by atoms with Crippen molar-refractivity contribution in [3.05, 3.63) is 35.9 Å². The molecule has 1 aromatic carbocycles. The maximum absolute atomic E-state index is 6.16. The van der Waals surface area contributed by atoms with Crippen LogP contribution in [0.4, 0.5) is 0 Å². The molecule has 0 bridgehead atoms. The number of benzene rings is 1. The summed E-state index contributed by atoms with van der Waals surface area (Å²) in [4.78, 5) is 4.80. The van der Waals surface area contributed by atoms with Crippen LogP contribution in [-0.4, -0.2) is 24.0 Å². The first-order valence-corrected chi connectivity index (χ1v) is 8.67. The van der Waals surface area contributed by atoms with Crippen LogP contribution in [0.5, 0.6) is 0 Å². The highest BCUT2D eigenvalue weighted by atomic mass is 16.7. The summed E-state index contributed by atoms with van der Waals surface area (Å²) in [5.74, 6) is 0.297. The smallest absolute Gasteiger partial charge is 0.403 e. The van der Waals surface area contributed by atoms with E-state index >= 15 is 0 Å². The van der Waals surface area contributed by atoms with Gasteiger partial charge in [-0.15, -0.1) is 0 Å². The van der Waals surface area contributed by atoms with E-state index in [1.54, 1.807) is 0 Å². The number of hydrogen-bond donors (Lipinski definition) is 0. The first-order valence-electron chi connectivity index (χ1n) is 8.67. The lowest BCUT2D eigenvalue weighted by molar-refractivity contribution is 0.00578. The fourth-order valence-electron chi connectivity index (χ4n) is 2.70. The summed E-state index contributed by atoms with van der Waals surface area (Å²) in [5, 5.41) is 0. The molecule has 1 aliphatic rings. The summed E-state index contributed by atoms with van der Waals surface area (Å²) in [6, 6.07) is 10.4. The zero-order valence-corrected chi connectivity index (χ0v) is 15.4. The molecule has 0 saturated carbocycles. The Morgan fingerprint density at radius 1 is 1.09 bits per heavy atom. The molecular formula is C19H30BNO2. The monoisotopic (exact) mass is 315 g/mol. The third-order valence-electron chi connectivity index (χ3n) is 5.03. The lowest BCUT2D eigenvalue weighted by Crippen LogP contribution is -2.41. The minimum Gasteiger partial charge on any atom is -0.403 e. The van der Waals surface area contributed by atoms with Crippen LogP contribution in [0, 0.1) is 0 Å². The molecule has 0 radical (unpaired) electrons. The van der Waals surface area contributed by atoms with Crippen molar-refractivity contribution in [2.24, 2.45) is 4.99 Å². The number of aliphatic imine (C=N–C) groups is 1. The molecule has 0 aliphatic carbocycles. The van der Waals surface area contributed by atoms with Crippen molar-refractivity contribution in [1.82, 2.24) is 0 Å².